The number of aromatic nitrogens is 3. The zero-order valence-electron chi connectivity index (χ0n) is 19.3. The number of hydrogen-bond acceptors (Lipinski definition) is 8. The highest BCUT2D eigenvalue weighted by atomic mass is 32.1. The number of nitrogens with one attached hydrogen (secondary N) is 1. The Bertz CT molecular complexity index is 1380. The minimum absolute atomic E-state index is 0.0207. The highest BCUT2D eigenvalue weighted by molar-refractivity contribution is 7.12. The van der Waals surface area contributed by atoms with E-state index in [1.54, 1.807) is 17.9 Å². The van der Waals surface area contributed by atoms with Crippen molar-refractivity contribution >= 4 is 40.1 Å². The number of fused-ring (bicyclic) bond motifs is 1. The maximum atomic E-state index is 13.1. The van der Waals surface area contributed by atoms with Crippen molar-refractivity contribution in [3.8, 4) is 5.13 Å². The predicted molar refractivity (Wildman–Crippen MR) is 125 cm³/mol. The van der Waals surface area contributed by atoms with E-state index >= 15 is 0 Å². The van der Waals surface area contributed by atoms with Crippen LogP contribution in [0.15, 0.2) is 22.4 Å². The molecule has 1 fully saturated rings. The Labute approximate surface area is 206 Å². The molecule has 1 saturated heterocycles. The van der Waals surface area contributed by atoms with Gasteiger partial charge < -0.3 is 20.1 Å². The minimum Gasteiger partial charge on any atom is -0.477 e. The zero-order chi connectivity index (χ0) is 26.2. The fraction of sp³-hybridized carbons (Fsp3) is 0.409. The first-order valence-corrected chi connectivity index (χ1v) is 11.8. The van der Waals surface area contributed by atoms with Crippen molar-refractivity contribution in [1.82, 2.24) is 19.9 Å². The van der Waals surface area contributed by atoms with E-state index in [2.05, 4.69) is 15.3 Å². The van der Waals surface area contributed by atoms with Gasteiger partial charge in [0.1, 0.15) is 11.4 Å². The first kappa shape index (κ1) is 25.6. The summed E-state index contributed by atoms with van der Waals surface area (Å²) in [4.78, 5) is 46.7. The number of carboxylic acids is 1. The lowest BCUT2D eigenvalue weighted by Gasteiger charge is -2.39. The molecule has 14 heteroatoms. The number of anilines is 1. The van der Waals surface area contributed by atoms with Crippen molar-refractivity contribution in [1.29, 1.82) is 0 Å². The van der Waals surface area contributed by atoms with E-state index in [-0.39, 0.29) is 28.0 Å². The molecular formula is C22H22F3N5O5S. The highest BCUT2D eigenvalue weighted by Gasteiger charge is 2.35. The summed E-state index contributed by atoms with van der Waals surface area (Å²) in [5.74, 6) is -1.53. The van der Waals surface area contributed by atoms with Crippen LogP contribution in [0, 0.1) is 12.8 Å². The number of carbonyl (C=O) groups is 2. The van der Waals surface area contributed by atoms with E-state index in [1.165, 1.54) is 0 Å². The van der Waals surface area contributed by atoms with Gasteiger partial charge in [0.25, 0.3) is 0 Å². The van der Waals surface area contributed by atoms with Gasteiger partial charge >= 0.3 is 12.1 Å². The molecule has 10 nitrogen and oxygen atoms in total. The Morgan fingerprint density at radius 2 is 2.03 bits per heavy atom. The van der Waals surface area contributed by atoms with E-state index in [0.717, 1.165) is 16.1 Å². The molecule has 0 aliphatic carbocycles. The average Bonchev–Trinajstić information content (AvgIpc) is 3.26. The lowest BCUT2D eigenvalue weighted by atomic mass is 9.98. The molecule has 1 amide bonds. The summed E-state index contributed by atoms with van der Waals surface area (Å²) in [5.41, 5.74) is -2.17. The van der Waals surface area contributed by atoms with Crippen LogP contribution in [0.5, 0.6) is 0 Å². The summed E-state index contributed by atoms with van der Waals surface area (Å²) in [6, 6.07) is 1.59. The topological polar surface area (TPSA) is 127 Å². The third kappa shape index (κ3) is 4.91. The number of thiazole rings is 1. The lowest BCUT2D eigenvalue weighted by Crippen LogP contribution is -2.54. The van der Waals surface area contributed by atoms with Crippen LogP contribution in [0.3, 0.4) is 0 Å². The molecular weight excluding hydrogens is 503 g/mol. The minimum atomic E-state index is -4.69. The maximum absolute atomic E-state index is 13.1. The SMILES string of the molecule is CCOCCNC(=O)C1CN(c2cc(C)c3c(=O)c(C(=O)O)cn(-c4nc(C(F)(F)F)cs4)c3n2)C1. The first-order valence-electron chi connectivity index (χ1n) is 10.9. The highest BCUT2D eigenvalue weighted by Crippen LogP contribution is 2.33. The summed E-state index contributed by atoms with van der Waals surface area (Å²) in [7, 11) is 0. The van der Waals surface area contributed by atoms with Gasteiger partial charge in [0.15, 0.2) is 16.5 Å². The third-order valence-corrected chi connectivity index (χ3v) is 6.53. The van der Waals surface area contributed by atoms with Crippen LogP contribution in [-0.4, -0.2) is 64.4 Å². The third-order valence-electron chi connectivity index (χ3n) is 5.69. The van der Waals surface area contributed by atoms with Crippen molar-refractivity contribution < 1.29 is 32.6 Å². The molecule has 3 aromatic rings. The van der Waals surface area contributed by atoms with Crippen molar-refractivity contribution in [2.75, 3.05) is 37.7 Å². The van der Waals surface area contributed by atoms with Crippen LogP contribution in [0.1, 0.15) is 28.5 Å². The molecule has 192 valence electrons. The van der Waals surface area contributed by atoms with E-state index in [1.807, 2.05) is 6.92 Å². The molecule has 4 rings (SSSR count). The maximum Gasteiger partial charge on any atom is 0.434 e. The van der Waals surface area contributed by atoms with E-state index in [0.29, 0.717) is 55.6 Å². The fourth-order valence-electron chi connectivity index (χ4n) is 3.81. The predicted octanol–water partition coefficient (Wildman–Crippen LogP) is 2.46. The molecule has 0 unspecified atom stereocenters. The summed E-state index contributed by atoms with van der Waals surface area (Å²) in [6.45, 7) is 5.50. The fourth-order valence-corrected chi connectivity index (χ4v) is 4.62. The number of aryl methyl sites for hydroxylation is 1. The summed E-state index contributed by atoms with van der Waals surface area (Å²) in [6.07, 6.45) is -3.75. The van der Waals surface area contributed by atoms with Crippen LogP contribution in [-0.2, 0) is 15.7 Å². The van der Waals surface area contributed by atoms with Crippen molar-refractivity contribution in [3.63, 3.8) is 0 Å². The molecule has 2 N–H and O–H groups in total. The normalized spacial score (nSPS) is 14.2. The van der Waals surface area contributed by atoms with Crippen molar-refractivity contribution in [2.24, 2.45) is 5.92 Å². The van der Waals surface area contributed by atoms with Gasteiger partial charge in [-0.15, -0.1) is 11.3 Å². The summed E-state index contributed by atoms with van der Waals surface area (Å²) in [5, 5.41) is 12.9. The quantitative estimate of drug-likeness (QED) is 0.430. The van der Waals surface area contributed by atoms with Gasteiger partial charge in [-0.3, -0.25) is 14.2 Å². The Balaban J connectivity index is 1.70. The Morgan fingerprint density at radius 3 is 2.64 bits per heavy atom. The van der Waals surface area contributed by atoms with Gasteiger partial charge in [0.2, 0.25) is 11.3 Å². The van der Waals surface area contributed by atoms with Crippen LogP contribution in [0.4, 0.5) is 19.0 Å². The first-order chi connectivity index (χ1) is 17.0. The van der Waals surface area contributed by atoms with Crippen LogP contribution in [0.25, 0.3) is 16.2 Å². The standard InChI is InChI=1S/C22H22F3N5O5S/c1-3-35-5-4-26-19(32)12-7-29(8-12)15-6-11(2)16-17(31)13(20(33)34)9-30(18(16)28-15)21-27-14(10-36-21)22(23,24)25/h6,9-10,12H,3-5,7-8H2,1-2H3,(H,26,32)(H,33,34). The monoisotopic (exact) mass is 525 g/mol. The van der Waals surface area contributed by atoms with Gasteiger partial charge in [-0.05, 0) is 25.5 Å². The van der Waals surface area contributed by atoms with E-state index < -0.39 is 28.8 Å². The Morgan fingerprint density at radius 1 is 1.31 bits per heavy atom. The Kier molecular flexibility index (Phi) is 7.00. The number of rotatable bonds is 8. The number of ether oxygens (including phenoxy) is 1. The number of pyridine rings is 2. The molecule has 36 heavy (non-hydrogen) atoms. The number of amides is 1. The number of carboxylic acid groups (broad SMARTS) is 1. The molecule has 1 aliphatic heterocycles. The summed E-state index contributed by atoms with van der Waals surface area (Å²) < 4.78 is 45.7. The molecule has 0 saturated carbocycles. The number of nitrogens with zero attached hydrogens (tertiary/aromatic N) is 4. The number of hydrogen-bond donors (Lipinski definition) is 2. The second-order valence-electron chi connectivity index (χ2n) is 8.15. The van der Waals surface area contributed by atoms with Gasteiger partial charge in [0.05, 0.1) is 17.9 Å². The number of halogens is 3. The molecule has 0 aromatic carbocycles. The smallest absolute Gasteiger partial charge is 0.434 e. The van der Waals surface area contributed by atoms with Crippen LogP contribution >= 0.6 is 11.3 Å². The molecule has 3 aromatic heterocycles. The van der Waals surface area contributed by atoms with Crippen molar-refractivity contribution in [3.05, 3.63) is 44.7 Å². The molecule has 0 spiro atoms. The second kappa shape index (κ2) is 9.85. The van der Waals surface area contributed by atoms with Crippen LogP contribution < -0.4 is 15.6 Å². The molecule has 0 bridgehead atoms. The Hall–Kier alpha value is -3.52. The van der Waals surface area contributed by atoms with E-state index in [4.69, 9.17) is 4.74 Å². The number of alkyl halides is 3. The van der Waals surface area contributed by atoms with Gasteiger partial charge in [0, 0.05) is 37.8 Å². The zero-order valence-corrected chi connectivity index (χ0v) is 20.1. The molecule has 4 heterocycles. The van der Waals surface area contributed by atoms with Gasteiger partial charge in [-0.1, -0.05) is 0 Å². The molecule has 1 aliphatic rings. The molecule has 0 radical (unpaired) electrons. The molecule has 0 atom stereocenters. The van der Waals surface area contributed by atoms with Crippen LogP contribution in [0.2, 0.25) is 0 Å². The van der Waals surface area contributed by atoms with Gasteiger partial charge in [-0.25, -0.2) is 14.8 Å². The second-order valence-corrected chi connectivity index (χ2v) is 8.98. The number of carbonyl (C=O) groups excluding carboxylic acids is 1. The van der Waals surface area contributed by atoms with Crippen molar-refractivity contribution in [2.45, 2.75) is 20.0 Å². The average molecular weight is 526 g/mol. The van der Waals surface area contributed by atoms with E-state index in [9.17, 15) is 32.7 Å². The summed E-state index contributed by atoms with van der Waals surface area (Å²) >= 11 is 0.646. The number of aromatic carboxylic acids is 1. The largest absolute Gasteiger partial charge is 0.477 e. The van der Waals surface area contributed by atoms with Gasteiger partial charge in [-0.2, -0.15) is 13.2 Å². The lowest BCUT2D eigenvalue weighted by molar-refractivity contribution is -0.140.